The zero-order valence-electron chi connectivity index (χ0n) is 12.4. The molecule has 0 saturated carbocycles. The first-order valence-corrected chi connectivity index (χ1v) is 7.29. The number of carbonyl (C=O) groups excluding carboxylic acids is 1. The SMILES string of the molecule is CCc1cc(C(=O)O)cc(N2CCCCC2C(=O)NC)n1. The van der Waals surface area contributed by atoms with E-state index in [4.69, 9.17) is 0 Å². The predicted octanol–water partition coefficient (Wildman–Crippen LogP) is 1.45. The number of aromatic carboxylic acids is 1. The van der Waals surface area contributed by atoms with E-state index in [1.54, 1.807) is 19.2 Å². The molecule has 2 heterocycles. The molecule has 2 rings (SSSR count). The number of aromatic nitrogens is 1. The van der Waals surface area contributed by atoms with Crippen LogP contribution < -0.4 is 10.2 Å². The highest BCUT2D eigenvalue weighted by molar-refractivity contribution is 5.89. The maximum atomic E-state index is 12.0. The van der Waals surface area contributed by atoms with Crippen molar-refractivity contribution in [3.05, 3.63) is 23.4 Å². The fourth-order valence-corrected chi connectivity index (χ4v) is 2.67. The normalized spacial score (nSPS) is 18.4. The molecule has 1 saturated heterocycles. The topological polar surface area (TPSA) is 82.5 Å². The molecule has 1 aliphatic rings. The Labute approximate surface area is 124 Å². The lowest BCUT2D eigenvalue weighted by Crippen LogP contribution is -2.49. The molecule has 2 N–H and O–H groups in total. The molecule has 0 aromatic carbocycles. The summed E-state index contributed by atoms with van der Waals surface area (Å²) in [6.45, 7) is 2.65. The summed E-state index contributed by atoms with van der Waals surface area (Å²) < 4.78 is 0. The number of piperidine rings is 1. The molecule has 114 valence electrons. The molecule has 6 heteroatoms. The number of amides is 1. The number of carbonyl (C=O) groups is 2. The molecule has 1 amide bonds. The summed E-state index contributed by atoms with van der Waals surface area (Å²) in [7, 11) is 1.62. The van der Waals surface area contributed by atoms with Gasteiger partial charge < -0.3 is 15.3 Å². The Morgan fingerprint density at radius 1 is 1.43 bits per heavy atom. The van der Waals surface area contributed by atoms with Crippen LogP contribution in [0.3, 0.4) is 0 Å². The molecular formula is C15H21N3O3. The Bertz CT molecular complexity index is 545. The number of hydrogen-bond acceptors (Lipinski definition) is 4. The van der Waals surface area contributed by atoms with Crippen LogP contribution in [-0.2, 0) is 11.2 Å². The van der Waals surface area contributed by atoms with E-state index >= 15 is 0 Å². The summed E-state index contributed by atoms with van der Waals surface area (Å²) in [5.41, 5.74) is 0.948. The van der Waals surface area contributed by atoms with Gasteiger partial charge in [-0.1, -0.05) is 6.92 Å². The van der Waals surface area contributed by atoms with Crippen molar-refractivity contribution >= 4 is 17.7 Å². The average molecular weight is 291 g/mol. The lowest BCUT2D eigenvalue weighted by atomic mass is 10.0. The van der Waals surface area contributed by atoms with Gasteiger partial charge in [-0.25, -0.2) is 9.78 Å². The molecule has 1 aromatic heterocycles. The van der Waals surface area contributed by atoms with E-state index in [2.05, 4.69) is 10.3 Å². The van der Waals surface area contributed by atoms with Gasteiger partial charge >= 0.3 is 5.97 Å². The smallest absolute Gasteiger partial charge is 0.335 e. The third-order valence-corrected chi connectivity index (χ3v) is 3.82. The minimum Gasteiger partial charge on any atom is -0.478 e. The average Bonchev–Trinajstić information content (AvgIpc) is 2.53. The van der Waals surface area contributed by atoms with Crippen LogP contribution in [0.4, 0.5) is 5.82 Å². The lowest BCUT2D eigenvalue weighted by molar-refractivity contribution is -0.122. The van der Waals surface area contributed by atoms with Crippen LogP contribution in [0.1, 0.15) is 42.2 Å². The molecule has 0 aliphatic carbocycles. The van der Waals surface area contributed by atoms with Crippen molar-refractivity contribution < 1.29 is 14.7 Å². The fourth-order valence-electron chi connectivity index (χ4n) is 2.67. The first kappa shape index (κ1) is 15.3. The quantitative estimate of drug-likeness (QED) is 0.877. The highest BCUT2D eigenvalue weighted by Crippen LogP contribution is 2.25. The second kappa shape index (κ2) is 6.56. The first-order chi connectivity index (χ1) is 10.1. The van der Waals surface area contributed by atoms with E-state index in [0.717, 1.165) is 31.5 Å². The van der Waals surface area contributed by atoms with E-state index in [1.165, 1.54) is 0 Å². The van der Waals surface area contributed by atoms with Crippen molar-refractivity contribution in [2.24, 2.45) is 0 Å². The molecule has 1 aromatic rings. The molecule has 1 aliphatic heterocycles. The number of rotatable bonds is 4. The summed E-state index contributed by atoms with van der Waals surface area (Å²) in [4.78, 5) is 29.7. The maximum Gasteiger partial charge on any atom is 0.335 e. The van der Waals surface area contributed by atoms with Gasteiger partial charge in [-0.3, -0.25) is 4.79 Å². The highest BCUT2D eigenvalue weighted by atomic mass is 16.4. The number of hydrogen-bond donors (Lipinski definition) is 2. The van der Waals surface area contributed by atoms with Crippen LogP contribution in [-0.4, -0.2) is 41.6 Å². The van der Waals surface area contributed by atoms with Gasteiger partial charge in [-0.2, -0.15) is 0 Å². The van der Waals surface area contributed by atoms with Crippen LogP contribution in [0.25, 0.3) is 0 Å². The molecule has 1 atom stereocenters. The van der Waals surface area contributed by atoms with Crippen LogP contribution in [0.5, 0.6) is 0 Å². The van der Waals surface area contributed by atoms with Gasteiger partial charge in [0.25, 0.3) is 0 Å². The Morgan fingerprint density at radius 3 is 2.81 bits per heavy atom. The number of pyridine rings is 1. The number of aryl methyl sites for hydroxylation is 1. The standard InChI is InChI=1S/C15H21N3O3/c1-3-11-8-10(15(20)21)9-13(17-11)18-7-5-4-6-12(18)14(19)16-2/h8-9,12H,3-7H2,1-2H3,(H,16,19)(H,20,21). The van der Waals surface area contributed by atoms with Gasteiger partial charge in [0.15, 0.2) is 0 Å². The lowest BCUT2D eigenvalue weighted by Gasteiger charge is -2.35. The molecule has 0 bridgehead atoms. The Morgan fingerprint density at radius 2 is 2.19 bits per heavy atom. The van der Waals surface area contributed by atoms with Crippen molar-refractivity contribution in [3.8, 4) is 0 Å². The number of anilines is 1. The predicted molar refractivity (Wildman–Crippen MR) is 79.6 cm³/mol. The maximum absolute atomic E-state index is 12.0. The number of likely N-dealkylation sites (N-methyl/N-ethyl adjacent to an activating group) is 1. The van der Waals surface area contributed by atoms with Gasteiger partial charge in [-0.05, 0) is 37.8 Å². The number of nitrogens with one attached hydrogen (secondary N) is 1. The van der Waals surface area contributed by atoms with Crippen molar-refractivity contribution in [2.75, 3.05) is 18.5 Å². The van der Waals surface area contributed by atoms with E-state index in [-0.39, 0.29) is 17.5 Å². The summed E-state index contributed by atoms with van der Waals surface area (Å²) in [5.74, 6) is -0.433. The van der Waals surface area contributed by atoms with Crippen molar-refractivity contribution in [3.63, 3.8) is 0 Å². The zero-order valence-corrected chi connectivity index (χ0v) is 12.4. The molecule has 6 nitrogen and oxygen atoms in total. The largest absolute Gasteiger partial charge is 0.478 e. The van der Waals surface area contributed by atoms with E-state index in [9.17, 15) is 14.7 Å². The van der Waals surface area contributed by atoms with Crippen molar-refractivity contribution in [2.45, 2.75) is 38.6 Å². The molecule has 0 spiro atoms. The molecule has 21 heavy (non-hydrogen) atoms. The first-order valence-electron chi connectivity index (χ1n) is 7.29. The fraction of sp³-hybridized carbons (Fsp3) is 0.533. The molecular weight excluding hydrogens is 270 g/mol. The number of nitrogens with zero attached hydrogens (tertiary/aromatic N) is 2. The van der Waals surface area contributed by atoms with E-state index in [1.807, 2.05) is 11.8 Å². The summed E-state index contributed by atoms with van der Waals surface area (Å²) >= 11 is 0. The third-order valence-electron chi connectivity index (χ3n) is 3.82. The second-order valence-electron chi connectivity index (χ2n) is 5.18. The Kier molecular flexibility index (Phi) is 4.77. The van der Waals surface area contributed by atoms with E-state index < -0.39 is 5.97 Å². The van der Waals surface area contributed by atoms with E-state index in [0.29, 0.717) is 12.2 Å². The van der Waals surface area contributed by atoms with Crippen molar-refractivity contribution in [1.29, 1.82) is 0 Å². The number of carboxylic acids is 1. The van der Waals surface area contributed by atoms with Gasteiger partial charge in [0.2, 0.25) is 5.91 Å². The van der Waals surface area contributed by atoms with Gasteiger partial charge in [0.05, 0.1) is 5.56 Å². The minimum absolute atomic E-state index is 0.0460. The molecule has 1 fully saturated rings. The Balaban J connectivity index is 2.39. The summed E-state index contributed by atoms with van der Waals surface area (Å²) in [6.07, 6.45) is 3.40. The van der Waals surface area contributed by atoms with Crippen LogP contribution in [0.2, 0.25) is 0 Å². The van der Waals surface area contributed by atoms with Gasteiger partial charge in [0, 0.05) is 19.3 Å². The summed E-state index contributed by atoms with van der Waals surface area (Å²) in [5, 5.41) is 11.9. The second-order valence-corrected chi connectivity index (χ2v) is 5.18. The molecule has 0 radical (unpaired) electrons. The van der Waals surface area contributed by atoms with Crippen molar-refractivity contribution in [1.82, 2.24) is 10.3 Å². The van der Waals surface area contributed by atoms with Gasteiger partial charge in [0.1, 0.15) is 11.9 Å². The number of carboxylic acid groups (broad SMARTS) is 1. The molecule has 1 unspecified atom stereocenters. The Hall–Kier alpha value is -2.11. The van der Waals surface area contributed by atoms with Crippen LogP contribution >= 0.6 is 0 Å². The zero-order chi connectivity index (χ0) is 15.4. The highest BCUT2D eigenvalue weighted by Gasteiger charge is 2.29. The summed E-state index contributed by atoms with van der Waals surface area (Å²) in [6, 6.07) is 2.87. The minimum atomic E-state index is -0.971. The monoisotopic (exact) mass is 291 g/mol. The van der Waals surface area contributed by atoms with Crippen LogP contribution in [0, 0.1) is 0 Å². The van der Waals surface area contributed by atoms with Gasteiger partial charge in [-0.15, -0.1) is 0 Å². The third kappa shape index (κ3) is 3.32. The van der Waals surface area contributed by atoms with Crippen LogP contribution in [0.15, 0.2) is 12.1 Å².